The number of H-pyrrole nitrogens is 1. The van der Waals surface area contributed by atoms with Gasteiger partial charge in [-0.25, -0.2) is 9.78 Å². The van der Waals surface area contributed by atoms with Gasteiger partial charge in [-0.3, -0.25) is 14.4 Å². The van der Waals surface area contributed by atoms with Gasteiger partial charge in [0.05, 0.1) is 18.9 Å². The molecule has 0 radical (unpaired) electrons. The van der Waals surface area contributed by atoms with Crippen LogP contribution >= 0.6 is 24.4 Å². The zero-order valence-electron chi connectivity index (χ0n) is 15.9. The molecule has 0 aliphatic heterocycles. The van der Waals surface area contributed by atoms with E-state index < -0.39 is 48.4 Å². The van der Waals surface area contributed by atoms with E-state index in [9.17, 15) is 24.3 Å². The van der Waals surface area contributed by atoms with Gasteiger partial charge in [-0.2, -0.15) is 24.4 Å². The Morgan fingerprint density at radius 1 is 1.28 bits per heavy atom. The van der Waals surface area contributed by atoms with Crippen LogP contribution in [-0.4, -0.2) is 81.2 Å². The molecule has 0 bridgehead atoms. The lowest BCUT2D eigenvalue weighted by molar-refractivity contribution is -0.141. The second-order valence-electron chi connectivity index (χ2n) is 6.09. The highest BCUT2D eigenvalue weighted by Crippen LogP contribution is 2.02. The topological polar surface area (TPSA) is 179 Å². The Labute approximate surface area is 177 Å². The molecule has 7 N–H and O–H groups in total. The molecule has 29 heavy (non-hydrogen) atoms. The zero-order valence-corrected chi connectivity index (χ0v) is 17.6. The van der Waals surface area contributed by atoms with Crippen LogP contribution in [0.15, 0.2) is 12.5 Å². The van der Waals surface area contributed by atoms with Crippen molar-refractivity contribution in [2.24, 2.45) is 5.73 Å². The first kappa shape index (κ1) is 24.8. The monoisotopic (exact) mass is 446 g/mol. The summed E-state index contributed by atoms with van der Waals surface area (Å²) in [6.07, 6.45) is 5.08. The van der Waals surface area contributed by atoms with Gasteiger partial charge in [0, 0.05) is 24.1 Å². The summed E-state index contributed by atoms with van der Waals surface area (Å²) in [4.78, 5) is 54.3. The van der Waals surface area contributed by atoms with Gasteiger partial charge in [0.2, 0.25) is 17.7 Å². The number of carbonyl (C=O) groups excluding carboxylic acids is 3. The van der Waals surface area contributed by atoms with Gasteiger partial charge in [-0.05, 0) is 18.4 Å². The lowest BCUT2D eigenvalue weighted by Gasteiger charge is -2.20. The van der Waals surface area contributed by atoms with E-state index in [4.69, 9.17) is 5.73 Å². The number of aromatic nitrogens is 2. The number of nitrogens with one attached hydrogen (secondary N) is 4. The standard InChI is InChI=1S/C16H26N6O5S2/c1-29-3-2-11(22-14(24)10(17)7-28)15(25)19-6-13(23)21-12(16(26)27)4-9-5-18-8-20-9/h5,8,10-12,28H,2-4,6-7,17H2,1H3,(H,18,20)(H,19,25)(H,21,23)(H,22,24)(H,26,27). The molecule has 0 fully saturated rings. The van der Waals surface area contributed by atoms with E-state index in [1.807, 2.05) is 6.26 Å². The van der Waals surface area contributed by atoms with Crippen molar-refractivity contribution in [1.82, 2.24) is 25.9 Å². The molecule has 1 aromatic heterocycles. The number of amides is 3. The van der Waals surface area contributed by atoms with Gasteiger partial charge in [0.25, 0.3) is 0 Å². The summed E-state index contributed by atoms with van der Waals surface area (Å²) in [6, 6.07) is -2.90. The first-order valence-corrected chi connectivity index (χ1v) is 10.7. The van der Waals surface area contributed by atoms with Crippen LogP contribution in [-0.2, 0) is 25.6 Å². The lowest BCUT2D eigenvalue weighted by Crippen LogP contribution is -2.54. The number of aliphatic carboxylic acids is 1. The van der Waals surface area contributed by atoms with Crippen molar-refractivity contribution in [2.75, 3.05) is 24.3 Å². The van der Waals surface area contributed by atoms with Crippen LogP contribution < -0.4 is 21.7 Å². The molecular formula is C16H26N6O5S2. The van der Waals surface area contributed by atoms with Crippen molar-refractivity contribution in [3.05, 3.63) is 18.2 Å². The van der Waals surface area contributed by atoms with Crippen LogP contribution in [0.1, 0.15) is 12.1 Å². The summed E-state index contributed by atoms with van der Waals surface area (Å²) in [5.74, 6) is -2.24. The third-order valence-electron chi connectivity index (χ3n) is 3.81. The van der Waals surface area contributed by atoms with Gasteiger partial charge in [0.15, 0.2) is 0 Å². The molecule has 11 nitrogen and oxygen atoms in total. The predicted octanol–water partition coefficient (Wildman–Crippen LogP) is -1.87. The SMILES string of the molecule is CSCCC(NC(=O)C(N)CS)C(=O)NCC(=O)NC(Cc1cnc[nH]1)C(=O)O. The molecule has 1 heterocycles. The maximum Gasteiger partial charge on any atom is 0.326 e. The minimum Gasteiger partial charge on any atom is -0.480 e. The minimum absolute atomic E-state index is 0.0169. The van der Waals surface area contributed by atoms with Crippen molar-refractivity contribution in [2.45, 2.75) is 31.0 Å². The summed E-state index contributed by atoms with van der Waals surface area (Å²) in [5, 5.41) is 16.5. The molecule has 3 atom stereocenters. The average molecular weight is 447 g/mol. The Kier molecular flexibility index (Phi) is 11.2. The number of carboxylic acids is 1. The molecule has 13 heteroatoms. The number of thiol groups is 1. The zero-order chi connectivity index (χ0) is 21.8. The highest BCUT2D eigenvalue weighted by molar-refractivity contribution is 7.98. The Balaban J connectivity index is 2.59. The molecule has 0 spiro atoms. The fourth-order valence-corrected chi connectivity index (χ4v) is 2.86. The van der Waals surface area contributed by atoms with E-state index in [0.717, 1.165) is 0 Å². The number of hydrogen-bond donors (Lipinski definition) is 7. The number of aromatic amines is 1. The highest BCUT2D eigenvalue weighted by atomic mass is 32.2. The molecule has 0 aromatic carbocycles. The molecule has 162 valence electrons. The fourth-order valence-electron chi connectivity index (χ4n) is 2.22. The van der Waals surface area contributed by atoms with Crippen molar-refractivity contribution in [1.29, 1.82) is 0 Å². The van der Waals surface area contributed by atoms with E-state index in [1.165, 1.54) is 24.3 Å². The number of imidazole rings is 1. The normalized spacial score (nSPS) is 13.8. The number of nitrogens with zero attached hydrogens (tertiary/aromatic N) is 1. The van der Waals surface area contributed by atoms with Gasteiger partial charge in [0.1, 0.15) is 12.1 Å². The van der Waals surface area contributed by atoms with E-state index in [1.54, 1.807) is 0 Å². The molecular weight excluding hydrogens is 420 g/mol. The summed E-state index contributed by atoms with van der Waals surface area (Å²) in [6.45, 7) is -0.435. The summed E-state index contributed by atoms with van der Waals surface area (Å²) >= 11 is 5.45. The third kappa shape index (κ3) is 9.19. The van der Waals surface area contributed by atoms with Crippen LogP contribution in [0.25, 0.3) is 0 Å². The minimum atomic E-state index is -1.22. The summed E-state index contributed by atoms with van der Waals surface area (Å²) in [5.41, 5.74) is 6.15. The van der Waals surface area contributed by atoms with E-state index >= 15 is 0 Å². The molecule has 3 unspecified atom stereocenters. The Bertz CT molecular complexity index is 687. The molecule has 0 aliphatic carbocycles. The van der Waals surface area contributed by atoms with Crippen LogP contribution in [0.3, 0.4) is 0 Å². The van der Waals surface area contributed by atoms with Crippen LogP contribution in [0, 0.1) is 0 Å². The second-order valence-corrected chi connectivity index (χ2v) is 7.44. The Morgan fingerprint density at radius 2 is 2.00 bits per heavy atom. The number of carbonyl (C=O) groups is 4. The largest absolute Gasteiger partial charge is 0.480 e. The molecule has 1 rings (SSSR count). The Hall–Kier alpha value is -2.25. The number of nitrogens with two attached hydrogens (primary N) is 1. The van der Waals surface area contributed by atoms with Crippen molar-refractivity contribution in [3.63, 3.8) is 0 Å². The maximum absolute atomic E-state index is 12.4. The highest BCUT2D eigenvalue weighted by Gasteiger charge is 2.25. The third-order valence-corrected chi connectivity index (χ3v) is 4.85. The maximum atomic E-state index is 12.4. The van der Waals surface area contributed by atoms with Crippen molar-refractivity contribution >= 4 is 48.1 Å². The number of hydrogen-bond acceptors (Lipinski definition) is 8. The second kappa shape index (κ2) is 13.1. The van der Waals surface area contributed by atoms with Crippen molar-refractivity contribution in [3.8, 4) is 0 Å². The number of thioether (sulfide) groups is 1. The van der Waals surface area contributed by atoms with Gasteiger partial charge in [-0.1, -0.05) is 0 Å². The first-order chi connectivity index (χ1) is 13.8. The lowest BCUT2D eigenvalue weighted by atomic mass is 10.1. The quantitative estimate of drug-likeness (QED) is 0.172. The molecule has 1 aromatic rings. The number of rotatable bonds is 13. The van der Waals surface area contributed by atoms with Crippen LogP contribution in [0.2, 0.25) is 0 Å². The van der Waals surface area contributed by atoms with E-state index in [2.05, 4.69) is 38.5 Å². The smallest absolute Gasteiger partial charge is 0.326 e. The first-order valence-electron chi connectivity index (χ1n) is 8.71. The van der Waals surface area contributed by atoms with Gasteiger partial charge >= 0.3 is 5.97 Å². The average Bonchev–Trinajstić information content (AvgIpc) is 3.20. The van der Waals surface area contributed by atoms with Crippen LogP contribution in [0.5, 0.6) is 0 Å². The molecule has 3 amide bonds. The van der Waals surface area contributed by atoms with Gasteiger partial charge in [-0.15, -0.1) is 0 Å². The van der Waals surface area contributed by atoms with Crippen molar-refractivity contribution < 1.29 is 24.3 Å². The van der Waals surface area contributed by atoms with Gasteiger partial charge < -0.3 is 31.8 Å². The summed E-state index contributed by atoms with van der Waals surface area (Å²) < 4.78 is 0. The number of carboxylic acid groups (broad SMARTS) is 1. The molecule has 0 saturated heterocycles. The fraction of sp³-hybridized carbons (Fsp3) is 0.562. The van der Waals surface area contributed by atoms with E-state index in [0.29, 0.717) is 17.9 Å². The predicted molar refractivity (Wildman–Crippen MR) is 112 cm³/mol. The van der Waals surface area contributed by atoms with E-state index in [-0.39, 0.29) is 12.2 Å². The molecule has 0 saturated carbocycles. The summed E-state index contributed by atoms with van der Waals surface area (Å²) in [7, 11) is 0. The van der Waals surface area contributed by atoms with Crippen LogP contribution in [0.4, 0.5) is 0 Å². The Morgan fingerprint density at radius 3 is 2.55 bits per heavy atom. The molecule has 0 aliphatic rings.